The molecule has 3 heterocycles. The number of rotatable bonds is 3. The predicted octanol–water partition coefficient (Wildman–Crippen LogP) is 3.17. The van der Waals surface area contributed by atoms with Gasteiger partial charge in [0, 0.05) is 55.1 Å². The second-order valence-corrected chi connectivity index (χ2v) is 8.47. The van der Waals surface area contributed by atoms with Gasteiger partial charge in [-0.15, -0.1) is 0 Å². The lowest BCUT2D eigenvalue weighted by Gasteiger charge is -2.34. The van der Waals surface area contributed by atoms with Crippen molar-refractivity contribution in [3.8, 4) is 22.3 Å². The highest BCUT2D eigenvalue weighted by Crippen LogP contribution is 2.34. The van der Waals surface area contributed by atoms with Gasteiger partial charge < -0.3 is 20.9 Å². The molecule has 0 radical (unpaired) electrons. The Balaban J connectivity index is 1.47. The van der Waals surface area contributed by atoms with Crippen LogP contribution in [0, 0.1) is 5.95 Å². The number of carbonyl (C=O) groups excluding carboxylic acids is 1. The smallest absolute Gasteiger partial charge is 0.251 e. The number of fused-ring (bicyclic) bond motifs is 1. The number of aromatic nitrogens is 1. The molecule has 2 aliphatic heterocycles. The molecular formula is C25H26FN5O. The molecule has 1 amide bonds. The van der Waals surface area contributed by atoms with Crippen LogP contribution in [0.25, 0.3) is 22.3 Å². The maximum absolute atomic E-state index is 14.8. The number of nitrogens with zero attached hydrogens (tertiary/aromatic N) is 3. The lowest BCUT2D eigenvalue weighted by molar-refractivity contribution is 0.0946. The lowest BCUT2D eigenvalue weighted by atomic mass is 9.94. The number of anilines is 2. The second-order valence-electron chi connectivity index (χ2n) is 8.47. The van der Waals surface area contributed by atoms with Crippen molar-refractivity contribution in [2.24, 2.45) is 0 Å². The number of pyridine rings is 1. The number of nitrogens with one attached hydrogen (secondary N) is 1. The minimum absolute atomic E-state index is 0.0656. The molecule has 0 aliphatic carbocycles. The van der Waals surface area contributed by atoms with Crippen LogP contribution in [0.2, 0.25) is 0 Å². The van der Waals surface area contributed by atoms with E-state index in [1.807, 2.05) is 36.4 Å². The topological polar surface area (TPSA) is 74.5 Å². The molecule has 1 fully saturated rings. The molecule has 6 nitrogen and oxygen atoms in total. The maximum Gasteiger partial charge on any atom is 0.251 e. The Morgan fingerprint density at radius 2 is 1.66 bits per heavy atom. The summed E-state index contributed by atoms with van der Waals surface area (Å²) < 4.78 is 14.8. The summed E-state index contributed by atoms with van der Waals surface area (Å²) in [4.78, 5) is 20.7. The SMILES string of the molecule is CN1CCN(c2ccc(-c3cc(-c4ccc5c(c4)CCNC5=O)c(N)nc3F)cc2)CC1. The number of halogens is 1. The third-order valence-electron chi connectivity index (χ3n) is 6.39. The number of nitrogen functional groups attached to an aromatic ring is 1. The van der Waals surface area contributed by atoms with Gasteiger partial charge in [-0.2, -0.15) is 4.39 Å². The van der Waals surface area contributed by atoms with Crippen molar-refractivity contribution < 1.29 is 9.18 Å². The van der Waals surface area contributed by atoms with Crippen molar-refractivity contribution in [1.82, 2.24) is 15.2 Å². The van der Waals surface area contributed by atoms with E-state index in [1.54, 1.807) is 12.1 Å². The van der Waals surface area contributed by atoms with Gasteiger partial charge in [-0.1, -0.05) is 24.3 Å². The molecule has 2 aromatic carbocycles. The molecule has 0 spiro atoms. The molecule has 0 unspecified atom stereocenters. The van der Waals surface area contributed by atoms with Gasteiger partial charge in [0.1, 0.15) is 5.82 Å². The standard InChI is InChI=1S/C25H26FN5O/c1-30-10-12-31(13-11-30)19-5-2-16(3-6-19)21-15-22(24(27)29-23(21)26)17-4-7-20-18(14-17)8-9-28-25(20)32/h2-7,14-15H,8-13H2,1H3,(H2,27,29)(H,28,32). The Hall–Kier alpha value is -3.45. The van der Waals surface area contributed by atoms with E-state index in [1.165, 1.54) is 0 Å². The fourth-order valence-electron chi connectivity index (χ4n) is 4.45. The van der Waals surface area contributed by atoms with E-state index in [0.29, 0.717) is 23.2 Å². The van der Waals surface area contributed by atoms with Crippen molar-refractivity contribution in [3.63, 3.8) is 0 Å². The number of hydrogen-bond donors (Lipinski definition) is 2. The molecule has 2 aliphatic rings. The van der Waals surface area contributed by atoms with Gasteiger partial charge in [0.2, 0.25) is 5.95 Å². The van der Waals surface area contributed by atoms with Crippen LogP contribution in [0.15, 0.2) is 48.5 Å². The van der Waals surface area contributed by atoms with Crippen LogP contribution < -0.4 is 16.0 Å². The van der Waals surface area contributed by atoms with E-state index >= 15 is 0 Å². The first-order chi connectivity index (χ1) is 15.5. The zero-order chi connectivity index (χ0) is 22.2. The fourth-order valence-corrected chi connectivity index (χ4v) is 4.45. The summed E-state index contributed by atoms with van der Waals surface area (Å²) in [6.45, 7) is 4.63. The molecule has 0 atom stereocenters. The fraction of sp³-hybridized carbons (Fsp3) is 0.280. The number of likely N-dealkylation sites (N-methyl/N-ethyl adjacent to an activating group) is 1. The van der Waals surface area contributed by atoms with Crippen molar-refractivity contribution in [1.29, 1.82) is 0 Å². The van der Waals surface area contributed by atoms with Crippen molar-refractivity contribution >= 4 is 17.4 Å². The Kier molecular flexibility index (Phi) is 5.27. The van der Waals surface area contributed by atoms with Gasteiger partial charge in [0.15, 0.2) is 0 Å². The zero-order valence-corrected chi connectivity index (χ0v) is 18.1. The lowest BCUT2D eigenvalue weighted by Crippen LogP contribution is -2.44. The molecule has 1 saturated heterocycles. The number of carbonyl (C=O) groups is 1. The van der Waals surface area contributed by atoms with Gasteiger partial charge in [-0.3, -0.25) is 4.79 Å². The molecule has 0 bridgehead atoms. The molecule has 3 aromatic rings. The van der Waals surface area contributed by atoms with Crippen LogP contribution in [0.5, 0.6) is 0 Å². The normalized spacial score (nSPS) is 16.6. The molecule has 5 rings (SSSR count). The minimum Gasteiger partial charge on any atom is -0.383 e. The summed E-state index contributed by atoms with van der Waals surface area (Å²) in [5.41, 5.74) is 11.5. The van der Waals surface area contributed by atoms with Gasteiger partial charge in [0.05, 0.1) is 0 Å². The van der Waals surface area contributed by atoms with Crippen LogP contribution in [0.4, 0.5) is 15.9 Å². The Bertz CT molecular complexity index is 1170. The third-order valence-corrected chi connectivity index (χ3v) is 6.39. The van der Waals surface area contributed by atoms with E-state index < -0.39 is 5.95 Å². The van der Waals surface area contributed by atoms with Gasteiger partial charge in [0.25, 0.3) is 5.91 Å². The summed E-state index contributed by atoms with van der Waals surface area (Å²) in [6.07, 6.45) is 0.754. The van der Waals surface area contributed by atoms with Crippen LogP contribution in [0.3, 0.4) is 0 Å². The number of nitrogens with two attached hydrogens (primary N) is 1. The van der Waals surface area contributed by atoms with Crippen molar-refractivity contribution in [2.75, 3.05) is 50.4 Å². The second kappa shape index (κ2) is 8.24. The highest BCUT2D eigenvalue weighted by atomic mass is 19.1. The molecular weight excluding hydrogens is 405 g/mol. The molecule has 164 valence electrons. The van der Waals surface area contributed by atoms with Crippen molar-refractivity contribution in [2.45, 2.75) is 6.42 Å². The van der Waals surface area contributed by atoms with E-state index in [9.17, 15) is 9.18 Å². The number of benzene rings is 2. The minimum atomic E-state index is -0.587. The highest BCUT2D eigenvalue weighted by molar-refractivity contribution is 5.97. The van der Waals surface area contributed by atoms with Crippen LogP contribution in [-0.4, -0.2) is 55.6 Å². The van der Waals surface area contributed by atoms with Crippen LogP contribution >= 0.6 is 0 Å². The van der Waals surface area contributed by atoms with E-state index in [-0.39, 0.29) is 11.7 Å². The summed E-state index contributed by atoms with van der Waals surface area (Å²) in [5, 5.41) is 2.85. The Morgan fingerprint density at radius 1 is 0.938 bits per heavy atom. The van der Waals surface area contributed by atoms with Crippen molar-refractivity contribution in [3.05, 3.63) is 65.6 Å². The first kappa shape index (κ1) is 20.5. The average Bonchev–Trinajstić information content (AvgIpc) is 2.80. The van der Waals surface area contributed by atoms with Gasteiger partial charge >= 0.3 is 0 Å². The predicted molar refractivity (Wildman–Crippen MR) is 125 cm³/mol. The number of hydrogen-bond acceptors (Lipinski definition) is 5. The summed E-state index contributed by atoms with van der Waals surface area (Å²) in [5.74, 6) is -0.513. The van der Waals surface area contributed by atoms with Gasteiger partial charge in [-0.25, -0.2) is 4.98 Å². The first-order valence-corrected chi connectivity index (χ1v) is 10.9. The third kappa shape index (κ3) is 3.80. The molecule has 7 heteroatoms. The first-order valence-electron chi connectivity index (χ1n) is 10.9. The van der Waals surface area contributed by atoms with E-state index in [0.717, 1.165) is 55.0 Å². The highest BCUT2D eigenvalue weighted by Gasteiger charge is 2.19. The molecule has 3 N–H and O–H groups in total. The summed E-state index contributed by atoms with van der Waals surface area (Å²) in [7, 11) is 2.13. The molecule has 1 aromatic heterocycles. The van der Waals surface area contributed by atoms with Gasteiger partial charge in [-0.05, 0) is 54.4 Å². The van der Waals surface area contributed by atoms with Crippen LogP contribution in [-0.2, 0) is 6.42 Å². The molecule has 0 saturated carbocycles. The average molecular weight is 432 g/mol. The summed E-state index contributed by atoms with van der Waals surface area (Å²) in [6, 6.07) is 15.3. The monoisotopic (exact) mass is 431 g/mol. The van der Waals surface area contributed by atoms with E-state index in [2.05, 4.69) is 27.1 Å². The van der Waals surface area contributed by atoms with E-state index in [4.69, 9.17) is 5.73 Å². The Labute approximate surface area is 186 Å². The number of amides is 1. The maximum atomic E-state index is 14.8. The zero-order valence-electron chi connectivity index (χ0n) is 18.1. The number of piperazine rings is 1. The summed E-state index contributed by atoms with van der Waals surface area (Å²) >= 11 is 0. The molecule has 32 heavy (non-hydrogen) atoms. The van der Waals surface area contributed by atoms with Crippen LogP contribution in [0.1, 0.15) is 15.9 Å². The Morgan fingerprint density at radius 3 is 2.41 bits per heavy atom. The quantitative estimate of drug-likeness (QED) is 0.623. The largest absolute Gasteiger partial charge is 0.383 e.